The first-order chi connectivity index (χ1) is 16.8. The molecule has 0 bridgehead atoms. The normalized spacial score (nSPS) is 14.5. The van der Waals surface area contributed by atoms with E-state index in [0.717, 1.165) is 11.4 Å². The fourth-order valence-electron chi connectivity index (χ4n) is 3.75. The van der Waals surface area contributed by atoms with Crippen LogP contribution >= 0.6 is 0 Å². The molecule has 0 spiro atoms. The Bertz CT molecular complexity index is 1330. The highest BCUT2D eigenvalue weighted by Gasteiger charge is 2.27. The summed E-state index contributed by atoms with van der Waals surface area (Å²) < 4.78 is 39.1. The van der Waals surface area contributed by atoms with Crippen molar-refractivity contribution in [1.82, 2.24) is 14.1 Å². The van der Waals surface area contributed by atoms with E-state index in [-0.39, 0.29) is 23.5 Å². The zero-order chi connectivity index (χ0) is 25.0. The third-order valence-corrected chi connectivity index (χ3v) is 7.46. The predicted molar refractivity (Wildman–Crippen MR) is 128 cm³/mol. The van der Waals surface area contributed by atoms with Crippen molar-refractivity contribution in [3.63, 3.8) is 0 Å². The summed E-state index contributed by atoms with van der Waals surface area (Å²) in [6.45, 7) is 4.20. The summed E-state index contributed by atoms with van der Waals surface area (Å²) in [4.78, 5) is 25.0. The maximum absolute atomic E-state index is 12.8. The summed E-state index contributed by atoms with van der Waals surface area (Å²) in [5.41, 5.74) is 2.78. The van der Waals surface area contributed by atoms with Crippen LogP contribution in [0.2, 0.25) is 0 Å². The van der Waals surface area contributed by atoms with E-state index in [4.69, 9.17) is 9.47 Å². The number of morpholine rings is 1. The Morgan fingerprint density at radius 3 is 2.49 bits per heavy atom. The van der Waals surface area contributed by atoms with Gasteiger partial charge in [0, 0.05) is 13.1 Å². The summed E-state index contributed by atoms with van der Waals surface area (Å²) in [7, 11) is -3.76. The third-order valence-electron chi connectivity index (χ3n) is 5.57. The first kappa shape index (κ1) is 24.6. The van der Waals surface area contributed by atoms with Gasteiger partial charge in [0.2, 0.25) is 10.0 Å². The van der Waals surface area contributed by atoms with Gasteiger partial charge in [0.1, 0.15) is 0 Å². The number of nitrogens with zero attached hydrogens (tertiary/aromatic N) is 3. The molecule has 10 nitrogen and oxygen atoms in total. The Balaban J connectivity index is 1.40. The quantitative estimate of drug-likeness (QED) is 0.497. The van der Waals surface area contributed by atoms with Gasteiger partial charge in [0.05, 0.1) is 46.4 Å². The van der Waals surface area contributed by atoms with Crippen molar-refractivity contribution in [2.24, 2.45) is 0 Å². The number of hydrogen-bond donors (Lipinski definition) is 1. The summed E-state index contributed by atoms with van der Waals surface area (Å²) in [6, 6.07) is 15.1. The molecule has 0 radical (unpaired) electrons. The number of aryl methyl sites for hydroxylation is 1. The van der Waals surface area contributed by atoms with Gasteiger partial charge in [0.25, 0.3) is 5.91 Å². The van der Waals surface area contributed by atoms with E-state index in [9.17, 15) is 18.0 Å². The van der Waals surface area contributed by atoms with Crippen LogP contribution in [-0.4, -0.2) is 67.3 Å². The first-order valence-corrected chi connectivity index (χ1v) is 12.5. The summed E-state index contributed by atoms with van der Waals surface area (Å²) in [5.74, 6) is -1.33. The van der Waals surface area contributed by atoms with E-state index in [1.165, 1.54) is 28.6 Å². The average Bonchev–Trinajstić information content (AvgIpc) is 3.16. The number of rotatable bonds is 7. The molecule has 0 aliphatic carbocycles. The number of nitrogens with one attached hydrogen (secondary N) is 1. The number of anilines is 1. The molecule has 4 rings (SSSR count). The van der Waals surface area contributed by atoms with Crippen molar-refractivity contribution < 1.29 is 27.5 Å². The molecule has 0 atom stereocenters. The van der Waals surface area contributed by atoms with E-state index >= 15 is 0 Å². The monoisotopic (exact) mass is 498 g/mol. The van der Waals surface area contributed by atoms with Crippen molar-refractivity contribution in [1.29, 1.82) is 0 Å². The zero-order valence-electron chi connectivity index (χ0n) is 19.4. The van der Waals surface area contributed by atoms with Crippen LogP contribution in [0, 0.1) is 13.8 Å². The second-order valence-electron chi connectivity index (χ2n) is 7.96. The van der Waals surface area contributed by atoms with Gasteiger partial charge < -0.3 is 14.8 Å². The molecule has 1 saturated heterocycles. The highest BCUT2D eigenvalue weighted by molar-refractivity contribution is 7.89. The number of amides is 1. The highest BCUT2D eigenvalue weighted by atomic mass is 32.2. The molecule has 11 heteroatoms. The topological polar surface area (TPSA) is 120 Å². The van der Waals surface area contributed by atoms with Crippen molar-refractivity contribution in [3.05, 3.63) is 71.5 Å². The minimum absolute atomic E-state index is 0.0159. The van der Waals surface area contributed by atoms with Crippen molar-refractivity contribution in [2.45, 2.75) is 18.7 Å². The second kappa shape index (κ2) is 10.4. The highest BCUT2D eigenvalue weighted by Crippen LogP contribution is 2.23. The van der Waals surface area contributed by atoms with E-state index in [1.807, 2.05) is 37.3 Å². The molecule has 1 N–H and O–H groups in total. The summed E-state index contributed by atoms with van der Waals surface area (Å²) >= 11 is 0. The van der Waals surface area contributed by atoms with E-state index < -0.39 is 28.5 Å². The molecular formula is C24H26N4O6S. The van der Waals surface area contributed by atoms with Crippen LogP contribution in [0.4, 0.5) is 5.69 Å². The minimum atomic E-state index is -3.76. The van der Waals surface area contributed by atoms with Gasteiger partial charge in [-0.2, -0.15) is 9.40 Å². The number of aromatic nitrogens is 2. The standard InChI is InChI=1S/C24H26N4O6S/c1-17-23(18(2)28(26-17)20-8-4-3-5-9-20)25-22(29)16-34-24(30)19-7-6-10-21(15-19)35(31,32)27-11-13-33-14-12-27/h3-10,15H,11-14,16H2,1-2H3,(H,25,29). The lowest BCUT2D eigenvalue weighted by molar-refractivity contribution is -0.119. The van der Waals surface area contributed by atoms with Gasteiger partial charge in [-0.3, -0.25) is 4.79 Å². The van der Waals surface area contributed by atoms with Gasteiger partial charge in [-0.15, -0.1) is 0 Å². The number of benzene rings is 2. The lowest BCUT2D eigenvalue weighted by atomic mass is 10.2. The van der Waals surface area contributed by atoms with Crippen LogP contribution in [0.25, 0.3) is 5.69 Å². The molecule has 1 aliphatic rings. The molecule has 3 aromatic rings. The van der Waals surface area contributed by atoms with Crippen LogP contribution in [0.5, 0.6) is 0 Å². The average molecular weight is 499 g/mol. The van der Waals surface area contributed by atoms with Gasteiger partial charge in [-0.05, 0) is 44.2 Å². The van der Waals surface area contributed by atoms with Crippen molar-refractivity contribution in [2.75, 3.05) is 38.2 Å². The van der Waals surface area contributed by atoms with E-state index in [0.29, 0.717) is 24.6 Å². The van der Waals surface area contributed by atoms with Crippen molar-refractivity contribution >= 4 is 27.6 Å². The van der Waals surface area contributed by atoms with Crippen LogP contribution in [0.1, 0.15) is 21.7 Å². The third kappa shape index (κ3) is 5.42. The Morgan fingerprint density at radius 1 is 1.06 bits per heavy atom. The molecule has 0 unspecified atom stereocenters. The minimum Gasteiger partial charge on any atom is -0.452 e. The number of ether oxygens (including phenoxy) is 2. The van der Waals surface area contributed by atoms with E-state index in [1.54, 1.807) is 11.6 Å². The number of carbonyl (C=O) groups excluding carboxylic acids is 2. The fourth-order valence-corrected chi connectivity index (χ4v) is 5.21. The SMILES string of the molecule is Cc1nn(-c2ccccc2)c(C)c1NC(=O)COC(=O)c1cccc(S(=O)(=O)N2CCOCC2)c1. The van der Waals surface area contributed by atoms with Crippen LogP contribution < -0.4 is 5.32 Å². The Labute approximate surface area is 203 Å². The largest absolute Gasteiger partial charge is 0.452 e. The maximum Gasteiger partial charge on any atom is 0.338 e. The Hall–Kier alpha value is -3.54. The molecule has 1 fully saturated rings. The number of para-hydroxylation sites is 1. The summed E-state index contributed by atoms with van der Waals surface area (Å²) in [5, 5.41) is 7.21. The molecule has 2 heterocycles. The number of carbonyl (C=O) groups is 2. The molecule has 35 heavy (non-hydrogen) atoms. The number of hydrogen-bond acceptors (Lipinski definition) is 7. The van der Waals surface area contributed by atoms with Crippen LogP contribution in [0.15, 0.2) is 59.5 Å². The first-order valence-electron chi connectivity index (χ1n) is 11.0. The maximum atomic E-state index is 12.8. The fraction of sp³-hybridized carbons (Fsp3) is 0.292. The van der Waals surface area contributed by atoms with Gasteiger partial charge in [-0.25, -0.2) is 17.9 Å². The molecule has 0 saturated carbocycles. The van der Waals surface area contributed by atoms with Crippen LogP contribution in [-0.2, 0) is 24.3 Å². The smallest absolute Gasteiger partial charge is 0.338 e. The Morgan fingerprint density at radius 2 is 1.77 bits per heavy atom. The molecule has 2 aromatic carbocycles. The lowest BCUT2D eigenvalue weighted by Gasteiger charge is -2.26. The number of esters is 1. The molecule has 1 amide bonds. The molecular weight excluding hydrogens is 472 g/mol. The second-order valence-corrected chi connectivity index (χ2v) is 9.90. The summed E-state index contributed by atoms with van der Waals surface area (Å²) in [6.07, 6.45) is 0. The molecule has 1 aromatic heterocycles. The Kier molecular flexibility index (Phi) is 7.29. The molecule has 184 valence electrons. The lowest BCUT2D eigenvalue weighted by Crippen LogP contribution is -2.40. The van der Waals surface area contributed by atoms with E-state index in [2.05, 4.69) is 10.4 Å². The zero-order valence-corrected chi connectivity index (χ0v) is 20.2. The molecule has 1 aliphatic heterocycles. The van der Waals surface area contributed by atoms with Gasteiger partial charge >= 0.3 is 5.97 Å². The number of sulfonamides is 1. The van der Waals surface area contributed by atoms with Crippen LogP contribution in [0.3, 0.4) is 0 Å². The predicted octanol–water partition coefficient (Wildman–Crippen LogP) is 2.31. The van der Waals surface area contributed by atoms with Crippen molar-refractivity contribution in [3.8, 4) is 5.69 Å². The van der Waals surface area contributed by atoms with Gasteiger partial charge in [0.15, 0.2) is 6.61 Å². The van der Waals surface area contributed by atoms with Gasteiger partial charge in [-0.1, -0.05) is 24.3 Å².